The first-order chi connectivity index (χ1) is 7.16. The minimum atomic E-state index is -0.330. The number of benzene rings is 1. The molecule has 0 fully saturated rings. The number of para-hydroxylation sites is 1. The fourth-order valence-corrected chi connectivity index (χ4v) is 1.75. The zero-order valence-corrected chi connectivity index (χ0v) is 10.2. The third-order valence-corrected chi connectivity index (χ3v) is 2.50. The largest absolute Gasteiger partial charge is 0.424 e. The van der Waals surface area contributed by atoms with Crippen LogP contribution in [0.5, 0.6) is 5.75 Å². The van der Waals surface area contributed by atoms with Crippen molar-refractivity contribution < 1.29 is 9.53 Å². The normalized spacial score (nSPS) is 10.3. The smallest absolute Gasteiger partial charge is 0.308 e. The lowest BCUT2D eigenvalue weighted by Crippen LogP contribution is -2.02. The highest BCUT2D eigenvalue weighted by molar-refractivity contribution is 14.1. The number of ether oxygens (including phenoxy) is 1. The average molecular weight is 313 g/mol. The Balaban J connectivity index is 2.63. The summed E-state index contributed by atoms with van der Waals surface area (Å²) in [6, 6.07) is 9.39. The molecule has 2 aromatic rings. The van der Waals surface area contributed by atoms with E-state index >= 15 is 0 Å². The zero-order valence-electron chi connectivity index (χ0n) is 8.03. The quantitative estimate of drug-likeness (QED) is 0.352. The topological polar surface area (TPSA) is 39.2 Å². The Morgan fingerprint density at radius 2 is 2.13 bits per heavy atom. The molecule has 0 unspecified atom stereocenters. The molecule has 0 radical (unpaired) electrons. The van der Waals surface area contributed by atoms with Gasteiger partial charge in [-0.1, -0.05) is 18.2 Å². The molecule has 0 saturated heterocycles. The fraction of sp³-hybridized carbons (Fsp3) is 0.0909. The van der Waals surface area contributed by atoms with E-state index in [2.05, 4.69) is 27.6 Å². The van der Waals surface area contributed by atoms with Crippen molar-refractivity contribution in [3.8, 4) is 5.75 Å². The number of halogens is 1. The number of esters is 1. The molecule has 0 aliphatic heterocycles. The van der Waals surface area contributed by atoms with Gasteiger partial charge >= 0.3 is 5.97 Å². The molecule has 15 heavy (non-hydrogen) atoms. The lowest BCUT2D eigenvalue weighted by atomic mass is 10.2. The first-order valence-corrected chi connectivity index (χ1v) is 5.48. The molecule has 4 heteroatoms. The van der Waals surface area contributed by atoms with Gasteiger partial charge in [0.1, 0.15) is 9.22 Å². The van der Waals surface area contributed by atoms with Gasteiger partial charge in [0.05, 0.1) is 0 Å². The number of rotatable bonds is 1. The van der Waals surface area contributed by atoms with Crippen molar-refractivity contribution in [2.75, 3.05) is 0 Å². The summed E-state index contributed by atoms with van der Waals surface area (Å²) < 4.78 is 5.95. The number of hydrogen-bond donors (Lipinski definition) is 0. The lowest BCUT2D eigenvalue weighted by Gasteiger charge is -2.04. The second kappa shape index (κ2) is 4.14. The second-order valence-electron chi connectivity index (χ2n) is 3.06. The van der Waals surface area contributed by atoms with Crippen LogP contribution < -0.4 is 4.74 Å². The van der Waals surface area contributed by atoms with Gasteiger partial charge in [-0.2, -0.15) is 0 Å². The zero-order chi connectivity index (χ0) is 10.8. The SMILES string of the molecule is CC(=O)Oc1cccc2ccc(I)nc12. The third kappa shape index (κ3) is 2.26. The molecule has 2 rings (SSSR count). The van der Waals surface area contributed by atoms with Crippen LogP contribution >= 0.6 is 22.6 Å². The third-order valence-electron chi connectivity index (χ3n) is 1.90. The summed E-state index contributed by atoms with van der Waals surface area (Å²) in [5.74, 6) is 0.182. The van der Waals surface area contributed by atoms with Gasteiger partial charge in [-0.3, -0.25) is 4.79 Å². The number of hydrogen-bond acceptors (Lipinski definition) is 3. The van der Waals surface area contributed by atoms with Crippen LogP contribution in [0.3, 0.4) is 0 Å². The maximum absolute atomic E-state index is 10.9. The van der Waals surface area contributed by atoms with Gasteiger partial charge in [-0.05, 0) is 34.7 Å². The molecule has 1 aromatic heterocycles. The average Bonchev–Trinajstić information content (AvgIpc) is 2.18. The van der Waals surface area contributed by atoms with E-state index in [1.165, 1.54) is 6.92 Å². The molecule has 0 N–H and O–H groups in total. The number of carbonyl (C=O) groups is 1. The van der Waals surface area contributed by atoms with Crippen LogP contribution in [0, 0.1) is 3.70 Å². The van der Waals surface area contributed by atoms with E-state index in [9.17, 15) is 4.79 Å². The number of pyridine rings is 1. The van der Waals surface area contributed by atoms with Crippen LogP contribution in [0.1, 0.15) is 6.92 Å². The van der Waals surface area contributed by atoms with Crippen LogP contribution in [-0.4, -0.2) is 11.0 Å². The van der Waals surface area contributed by atoms with E-state index in [0.717, 1.165) is 14.6 Å². The highest BCUT2D eigenvalue weighted by Crippen LogP contribution is 2.24. The minimum Gasteiger partial charge on any atom is -0.424 e. The summed E-state index contributed by atoms with van der Waals surface area (Å²) in [7, 11) is 0. The molecular formula is C11H8INO2. The summed E-state index contributed by atoms with van der Waals surface area (Å²) in [4.78, 5) is 15.2. The molecule has 0 aliphatic rings. The molecule has 0 bridgehead atoms. The highest BCUT2D eigenvalue weighted by Gasteiger charge is 2.05. The number of carbonyl (C=O) groups excluding carboxylic acids is 1. The van der Waals surface area contributed by atoms with Gasteiger partial charge in [0.15, 0.2) is 5.75 Å². The standard InChI is InChI=1S/C11H8INO2/c1-7(14)15-9-4-2-3-8-5-6-10(12)13-11(8)9/h2-6H,1H3. The van der Waals surface area contributed by atoms with Crippen LogP contribution in [0.25, 0.3) is 10.9 Å². The molecule has 0 amide bonds. The van der Waals surface area contributed by atoms with Crippen LogP contribution in [0.2, 0.25) is 0 Å². The maximum Gasteiger partial charge on any atom is 0.308 e. The molecule has 3 nitrogen and oxygen atoms in total. The van der Waals surface area contributed by atoms with Crippen LogP contribution in [0.4, 0.5) is 0 Å². The van der Waals surface area contributed by atoms with E-state index in [-0.39, 0.29) is 5.97 Å². The highest BCUT2D eigenvalue weighted by atomic mass is 127. The van der Waals surface area contributed by atoms with E-state index in [4.69, 9.17) is 4.74 Å². The second-order valence-corrected chi connectivity index (χ2v) is 4.16. The maximum atomic E-state index is 10.9. The molecule has 0 atom stereocenters. The van der Waals surface area contributed by atoms with Gasteiger partial charge in [0.25, 0.3) is 0 Å². The van der Waals surface area contributed by atoms with Crippen molar-refractivity contribution in [3.63, 3.8) is 0 Å². The number of aromatic nitrogens is 1. The predicted octanol–water partition coefficient (Wildman–Crippen LogP) is 2.76. The molecule has 0 saturated carbocycles. The first-order valence-electron chi connectivity index (χ1n) is 4.40. The van der Waals surface area contributed by atoms with E-state index in [0.29, 0.717) is 5.75 Å². The summed E-state index contributed by atoms with van der Waals surface area (Å²) in [6.45, 7) is 1.38. The Kier molecular flexibility index (Phi) is 2.86. The lowest BCUT2D eigenvalue weighted by molar-refractivity contribution is -0.131. The Hall–Kier alpha value is -1.17. The number of fused-ring (bicyclic) bond motifs is 1. The summed E-state index contributed by atoms with van der Waals surface area (Å²) >= 11 is 2.13. The monoisotopic (exact) mass is 313 g/mol. The van der Waals surface area contributed by atoms with Gasteiger partial charge in [-0.15, -0.1) is 0 Å². The Bertz CT molecular complexity index is 525. The molecule has 1 aromatic carbocycles. The first kappa shape index (κ1) is 10.4. The van der Waals surface area contributed by atoms with Gasteiger partial charge in [-0.25, -0.2) is 4.98 Å². The summed E-state index contributed by atoms with van der Waals surface area (Å²) in [6.07, 6.45) is 0. The molecule has 0 aliphatic carbocycles. The van der Waals surface area contributed by atoms with E-state index < -0.39 is 0 Å². The van der Waals surface area contributed by atoms with Crippen molar-refractivity contribution >= 4 is 39.5 Å². The Morgan fingerprint density at radius 3 is 2.87 bits per heavy atom. The molecule has 0 spiro atoms. The fourth-order valence-electron chi connectivity index (χ4n) is 1.33. The van der Waals surface area contributed by atoms with Crippen molar-refractivity contribution in [3.05, 3.63) is 34.0 Å². The number of nitrogens with zero attached hydrogens (tertiary/aromatic N) is 1. The summed E-state index contributed by atoms with van der Waals surface area (Å²) in [5, 5.41) is 0.967. The van der Waals surface area contributed by atoms with Crippen LogP contribution in [-0.2, 0) is 4.79 Å². The molecule has 1 heterocycles. The Morgan fingerprint density at radius 1 is 1.33 bits per heavy atom. The molecular weight excluding hydrogens is 305 g/mol. The van der Waals surface area contributed by atoms with E-state index in [1.54, 1.807) is 6.07 Å². The van der Waals surface area contributed by atoms with Crippen molar-refractivity contribution in [1.82, 2.24) is 4.98 Å². The Labute approximate surface area is 101 Å². The molecule has 76 valence electrons. The predicted molar refractivity (Wildman–Crippen MR) is 65.8 cm³/mol. The summed E-state index contributed by atoms with van der Waals surface area (Å²) in [5.41, 5.74) is 0.722. The minimum absolute atomic E-state index is 0.330. The van der Waals surface area contributed by atoms with Crippen molar-refractivity contribution in [1.29, 1.82) is 0 Å². The van der Waals surface area contributed by atoms with Crippen molar-refractivity contribution in [2.45, 2.75) is 6.92 Å². The van der Waals surface area contributed by atoms with Gasteiger partial charge in [0, 0.05) is 12.3 Å². The van der Waals surface area contributed by atoms with Crippen molar-refractivity contribution in [2.24, 2.45) is 0 Å². The van der Waals surface area contributed by atoms with Crippen LogP contribution in [0.15, 0.2) is 30.3 Å². The van der Waals surface area contributed by atoms with Gasteiger partial charge < -0.3 is 4.74 Å². The van der Waals surface area contributed by atoms with Gasteiger partial charge in [0.2, 0.25) is 0 Å². The van der Waals surface area contributed by atoms with E-state index in [1.807, 2.05) is 24.3 Å².